The average molecular weight is 270 g/mol. The van der Waals surface area contributed by atoms with Gasteiger partial charge >= 0.3 is 0 Å². The highest BCUT2D eigenvalue weighted by molar-refractivity contribution is 5.77. The van der Waals surface area contributed by atoms with Crippen molar-refractivity contribution < 1.29 is 14.7 Å². The number of hydrogen-bond acceptors (Lipinski definition) is 3. The van der Waals surface area contributed by atoms with Crippen LogP contribution in [-0.4, -0.2) is 35.6 Å². The first kappa shape index (κ1) is 16.0. The van der Waals surface area contributed by atoms with Crippen molar-refractivity contribution in [3.8, 4) is 0 Å². The summed E-state index contributed by atoms with van der Waals surface area (Å²) in [5.41, 5.74) is -0.741. The standard InChI is InChI=1S/C14H26N2O3/c1-3-12-4-7-14(19,8-5-12)10-16-13(18)6-9-15-11(2)17/h12,19H,3-10H2,1-2H3,(H,15,17)(H,16,18). The quantitative estimate of drug-likeness (QED) is 0.672. The van der Waals surface area contributed by atoms with Crippen LogP contribution >= 0.6 is 0 Å². The Morgan fingerprint density at radius 1 is 1.26 bits per heavy atom. The molecule has 0 aromatic rings. The predicted molar refractivity (Wildman–Crippen MR) is 73.5 cm³/mol. The number of amides is 2. The summed E-state index contributed by atoms with van der Waals surface area (Å²) in [6, 6.07) is 0. The largest absolute Gasteiger partial charge is 0.388 e. The van der Waals surface area contributed by atoms with Gasteiger partial charge in [-0.25, -0.2) is 0 Å². The van der Waals surface area contributed by atoms with Gasteiger partial charge in [-0.1, -0.05) is 13.3 Å². The van der Waals surface area contributed by atoms with Gasteiger partial charge in [-0.15, -0.1) is 0 Å². The molecule has 0 spiro atoms. The van der Waals surface area contributed by atoms with E-state index in [1.807, 2.05) is 0 Å². The molecule has 110 valence electrons. The summed E-state index contributed by atoms with van der Waals surface area (Å²) in [6.07, 6.45) is 5.02. The fourth-order valence-electron chi connectivity index (χ4n) is 2.50. The van der Waals surface area contributed by atoms with E-state index in [0.29, 0.717) is 13.1 Å². The predicted octanol–water partition coefficient (Wildman–Crippen LogP) is 0.960. The molecule has 0 aromatic carbocycles. The molecule has 0 aromatic heterocycles. The van der Waals surface area contributed by atoms with Crippen LogP contribution in [0.5, 0.6) is 0 Å². The highest BCUT2D eigenvalue weighted by atomic mass is 16.3. The van der Waals surface area contributed by atoms with E-state index < -0.39 is 5.60 Å². The van der Waals surface area contributed by atoms with Crippen molar-refractivity contribution in [1.29, 1.82) is 0 Å². The lowest BCUT2D eigenvalue weighted by molar-refractivity contribution is -0.123. The SMILES string of the molecule is CCC1CCC(O)(CNC(=O)CCNC(C)=O)CC1. The number of carbonyl (C=O) groups excluding carboxylic acids is 2. The fourth-order valence-corrected chi connectivity index (χ4v) is 2.50. The number of carbonyl (C=O) groups is 2. The van der Waals surface area contributed by atoms with Crippen LogP contribution in [0.3, 0.4) is 0 Å². The van der Waals surface area contributed by atoms with E-state index in [1.165, 1.54) is 13.3 Å². The minimum absolute atomic E-state index is 0.125. The van der Waals surface area contributed by atoms with Crippen LogP contribution in [0.2, 0.25) is 0 Å². The van der Waals surface area contributed by atoms with Gasteiger partial charge in [-0.05, 0) is 31.6 Å². The molecule has 0 atom stereocenters. The van der Waals surface area contributed by atoms with Crippen molar-refractivity contribution in [2.45, 2.75) is 58.0 Å². The van der Waals surface area contributed by atoms with Crippen LogP contribution < -0.4 is 10.6 Å². The Morgan fingerprint density at radius 2 is 1.89 bits per heavy atom. The minimum Gasteiger partial charge on any atom is -0.388 e. The highest BCUT2D eigenvalue weighted by Crippen LogP contribution is 2.33. The van der Waals surface area contributed by atoms with Crippen molar-refractivity contribution in [3.63, 3.8) is 0 Å². The van der Waals surface area contributed by atoms with Gasteiger partial charge < -0.3 is 15.7 Å². The summed E-state index contributed by atoms with van der Waals surface area (Å²) in [7, 11) is 0. The zero-order valence-corrected chi connectivity index (χ0v) is 12.0. The second-order valence-electron chi connectivity index (χ2n) is 5.59. The molecular weight excluding hydrogens is 244 g/mol. The topological polar surface area (TPSA) is 78.4 Å². The Kier molecular flexibility index (Phi) is 6.28. The second-order valence-corrected chi connectivity index (χ2v) is 5.59. The van der Waals surface area contributed by atoms with Crippen molar-refractivity contribution in [1.82, 2.24) is 10.6 Å². The van der Waals surface area contributed by atoms with Crippen molar-refractivity contribution in [2.24, 2.45) is 5.92 Å². The highest BCUT2D eigenvalue weighted by Gasteiger charge is 2.32. The Bertz CT molecular complexity index is 310. The maximum atomic E-state index is 11.6. The van der Waals surface area contributed by atoms with Crippen LogP contribution in [0.1, 0.15) is 52.4 Å². The summed E-state index contributed by atoms with van der Waals surface area (Å²) < 4.78 is 0. The zero-order chi connectivity index (χ0) is 14.3. The fraction of sp³-hybridized carbons (Fsp3) is 0.857. The molecule has 19 heavy (non-hydrogen) atoms. The molecule has 0 saturated heterocycles. The van der Waals surface area contributed by atoms with E-state index in [4.69, 9.17) is 0 Å². The van der Waals surface area contributed by atoms with Crippen molar-refractivity contribution >= 4 is 11.8 Å². The van der Waals surface area contributed by atoms with Gasteiger partial charge in [0.05, 0.1) is 5.60 Å². The van der Waals surface area contributed by atoms with E-state index in [1.54, 1.807) is 0 Å². The van der Waals surface area contributed by atoms with Gasteiger partial charge in [-0.2, -0.15) is 0 Å². The van der Waals surface area contributed by atoms with Gasteiger partial charge in [-0.3, -0.25) is 9.59 Å². The molecule has 1 aliphatic carbocycles. The molecule has 0 bridgehead atoms. The normalized spacial score (nSPS) is 26.8. The average Bonchev–Trinajstić information content (AvgIpc) is 2.37. The van der Waals surface area contributed by atoms with E-state index in [0.717, 1.165) is 31.6 Å². The van der Waals surface area contributed by atoms with E-state index in [-0.39, 0.29) is 18.2 Å². The molecule has 1 saturated carbocycles. The van der Waals surface area contributed by atoms with Crippen molar-refractivity contribution in [2.75, 3.05) is 13.1 Å². The first-order chi connectivity index (χ1) is 8.95. The van der Waals surface area contributed by atoms with Crippen LogP contribution in [-0.2, 0) is 9.59 Å². The third-order valence-electron chi connectivity index (χ3n) is 3.95. The van der Waals surface area contributed by atoms with E-state index in [9.17, 15) is 14.7 Å². The first-order valence-corrected chi connectivity index (χ1v) is 7.19. The third-order valence-corrected chi connectivity index (χ3v) is 3.95. The summed E-state index contributed by atoms with van der Waals surface area (Å²) >= 11 is 0. The molecule has 5 heteroatoms. The molecular formula is C14H26N2O3. The molecule has 1 aliphatic rings. The Balaban J connectivity index is 2.20. The van der Waals surface area contributed by atoms with Gasteiger partial charge in [0.2, 0.25) is 11.8 Å². The van der Waals surface area contributed by atoms with Crippen LogP contribution in [0.25, 0.3) is 0 Å². The van der Waals surface area contributed by atoms with Gasteiger partial charge in [0.15, 0.2) is 0 Å². The summed E-state index contributed by atoms with van der Waals surface area (Å²) in [5.74, 6) is 0.458. The Morgan fingerprint density at radius 3 is 2.42 bits per heavy atom. The number of nitrogens with one attached hydrogen (secondary N) is 2. The zero-order valence-electron chi connectivity index (χ0n) is 12.0. The second kappa shape index (κ2) is 7.48. The maximum absolute atomic E-state index is 11.6. The molecule has 1 fully saturated rings. The van der Waals surface area contributed by atoms with Gasteiger partial charge in [0.25, 0.3) is 0 Å². The molecule has 0 aliphatic heterocycles. The van der Waals surface area contributed by atoms with E-state index >= 15 is 0 Å². The lowest BCUT2D eigenvalue weighted by atomic mass is 9.78. The number of hydrogen-bond donors (Lipinski definition) is 3. The summed E-state index contributed by atoms with van der Waals surface area (Å²) in [5, 5.41) is 15.7. The smallest absolute Gasteiger partial charge is 0.221 e. The molecule has 5 nitrogen and oxygen atoms in total. The van der Waals surface area contributed by atoms with E-state index in [2.05, 4.69) is 17.6 Å². The lowest BCUT2D eigenvalue weighted by Crippen LogP contribution is -2.45. The Labute approximate surface area is 115 Å². The van der Waals surface area contributed by atoms with Crippen molar-refractivity contribution in [3.05, 3.63) is 0 Å². The first-order valence-electron chi connectivity index (χ1n) is 7.19. The molecule has 0 unspecified atom stereocenters. The van der Waals surface area contributed by atoms with Crippen LogP contribution in [0, 0.1) is 5.92 Å². The van der Waals surface area contributed by atoms with Crippen LogP contribution in [0.4, 0.5) is 0 Å². The molecule has 2 amide bonds. The molecule has 0 heterocycles. The van der Waals surface area contributed by atoms with Gasteiger partial charge in [0.1, 0.15) is 0 Å². The summed E-state index contributed by atoms with van der Waals surface area (Å²) in [4.78, 5) is 22.2. The monoisotopic (exact) mass is 270 g/mol. The third kappa shape index (κ3) is 6.05. The molecule has 1 rings (SSSR count). The van der Waals surface area contributed by atoms with Gasteiger partial charge in [0, 0.05) is 26.4 Å². The molecule has 3 N–H and O–H groups in total. The minimum atomic E-state index is -0.741. The summed E-state index contributed by atoms with van der Waals surface area (Å²) in [6.45, 7) is 4.27. The maximum Gasteiger partial charge on any atom is 0.221 e. The van der Waals surface area contributed by atoms with Crippen LogP contribution in [0.15, 0.2) is 0 Å². The Hall–Kier alpha value is -1.10. The lowest BCUT2D eigenvalue weighted by Gasteiger charge is -2.35. The molecule has 0 radical (unpaired) electrons. The number of aliphatic hydroxyl groups is 1. The number of rotatable bonds is 6.